The third-order valence-electron chi connectivity index (χ3n) is 4.07. The quantitative estimate of drug-likeness (QED) is 0.587. The summed E-state index contributed by atoms with van der Waals surface area (Å²) in [5.74, 6) is 0.0905. The molecule has 1 aromatic carbocycles. The number of carbonyl (C=O) groups excluding carboxylic acids is 1. The van der Waals surface area contributed by atoms with E-state index in [2.05, 4.69) is 20.5 Å². The number of hydrogen-bond donors (Lipinski definition) is 1. The molecule has 0 bridgehead atoms. The second-order valence-corrected chi connectivity index (χ2v) is 7.11. The molecule has 1 N–H and O–H groups in total. The number of carbonyl (C=O) groups is 1. The smallest absolute Gasteiger partial charge is 0.267 e. The molecule has 1 unspecified atom stereocenters. The van der Waals surface area contributed by atoms with E-state index in [1.54, 1.807) is 31.5 Å². The van der Waals surface area contributed by atoms with Crippen molar-refractivity contribution in [2.75, 3.05) is 5.32 Å². The van der Waals surface area contributed by atoms with Gasteiger partial charge in [-0.3, -0.25) is 9.59 Å². The van der Waals surface area contributed by atoms with Gasteiger partial charge in [-0.15, -0.1) is 5.10 Å². The lowest BCUT2D eigenvalue weighted by Gasteiger charge is -2.13. The number of thiazole rings is 1. The molecule has 0 saturated carbocycles. The van der Waals surface area contributed by atoms with Gasteiger partial charge in [0.15, 0.2) is 10.9 Å². The van der Waals surface area contributed by atoms with Gasteiger partial charge in [0.2, 0.25) is 0 Å². The lowest BCUT2D eigenvalue weighted by atomic mass is 10.2. The molecule has 27 heavy (non-hydrogen) atoms. The molecular formula is C18H16N6O2S. The molecule has 136 valence electrons. The highest BCUT2D eigenvalue weighted by atomic mass is 32.1. The maximum atomic E-state index is 12.6. The molecular weight excluding hydrogens is 364 g/mol. The van der Waals surface area contributed by atoms with Crippen LogP contribution in [0.25, 0.3) is 16.0 Å². The van der Waals surface area contributed by atoms with Crippen LogP contribution >= 0.6 is 11.3 Å². The fourth-order valence-corrected chi connectivity index (χ4v) is 3.59. The Morgan fingerprint density at radius 2 is 2.11 bits per heavy atom. The zero-order valence-electron chi connectivity index (χ0n) is 14.7. The number of rotatable bonds is 4. The molecule has 0 fully saturated rings. The third kappa shape index (κ3) is 3.36. The average Bonchev–Trinajstić information content (AvgIpc) is 3.30. The van der Waals surface area contributed by atoms with Crippen molar-refractivity contribution in [3.05, 3.63) is 64.7 Å². The van der Waals surface area contributed by atoms with Crippen LogP contribution in [0.4, 0.5) is 5.13 Å². The molecule has 8 nitrogen and oxygen atoms in total. The van der Waals surface area contributed by atoms with E-state index in [1.165, 1.54) is 22.1 Å². The first-order valence-electron chi connectivity index (χ1n) is 8.29. The molecule has 0 aliphatic heterocycles. The molecule has 0 radical (unpaired) electrons. The number of amides is 1. The van der Waals surface area contributed by atoms with Crippen LogP contribution < -0.4 is 10.9 Å². The van der Waals surface area contributed by atoms with Crippen LogP contribution in [0.15, 0.2) is 53.6 Å². The van der Waals surface area contributed by atoms with Gasteiger partial charge in [-0.25, -0.2) is 14.3 Å². The van der Waals surface area contributed by atoms with Crippen molar-refractivity contribution in [2.45, 2.75) is 19.9 Å². The fraction of sp³-hybridized carbons (Fsp3) is 0.167. The minimum absolute atomic E-state index is 0.363. The number of aryl methyl sites for hydroxylation is 1. The van der Waals surface area contributed by atoms with Gasteiger partial charge in [-0.1, -0.05) is 17.4 Å². The SMILES string of the molecule is Cc1ccc2nc(NC(=O)C(C)n3nc(-n4cccn4)ccc3=O)sc2c1. The zero-order valence-corrected chi connectivity index (χ0v) is 15.5. The minimum atomic E-state index is -0.804. The van der Waals surface area contributed by atoms with Gasteiger partial charge in [-0.05, 0) is 43.7 Å². The highest BCUT2D eigenvalue weighted by molar-refractivity contribution is 7.22. The number of fused-ring (bicyclic) bond motifs is 1. The van der Waals surface area contributed by atoms with Crippen LogP contribution in [0.3, 0.4) is 0 Å². The van der Waals surface area contributed by atoms with Crippen molar-refractivity contribution in [3.63, 3.8) is 0 Å². The van der Waals surface area contributed by atoms with Gasteiger partial charge in [0.1, 0.15) is 6.04 Å². The third-order valence-corrected chi connectivity index (χ3v) is 5.00. The Labute approximate surface area is 158 Å². The molecule has 3 heterocycles. The van der Waals surface area contributed by atoms with E-state index >= 15 is 0 Å². The number of aromatic nitrogens is 5. The van der Waals surface area contributed by atoms with Crippen LogP contribution in [0.5, 0.6) is 0 Å². The maximum absolute atomic E-state index is 12.6. The Hall–Kier alpha value is -3.33. The average molecular weight is 380 g/mol. The first-order chi connectivity index (χ1) is 13.0. The van der Waals surface area contributed by atoms with Gasteiger partial charge < -0.3 is 5.32 Å². The molecule has 3 aromatic heterocycles. The van der Waals surface area contributed by atoms with E-state index in [-0.39, 0.29) is 11.5 Å². The second-order valence-electron chi connectivity index (χ2n) is 6.08. The van der Waals surface area contributed by atoms with E-state index < -0.39 is 6.04 Å². The highest BCUT2D eigenvalue weighted by Gasteiger charge is 2.19. The predicted molar refractivity (Wildman–Crippen MR) is 103 cm³/mol. The standard InChI is InChI=1S/C18H16N6O2S/c1-11-4-5-13-14(10-11)27-18(20-13)21-17(26)12(2)24-16(25)7-6-15(22-24)23-9-3-8-19-23/h3-10,12H,1-2H3,(H,20,21,26). The van der Waals surface area contributed by atoms with Crippen molar-refractivity contribution in [3.8, 4) is 5.82 Å². The normalized spacial score (nSPS) is 12.2. The van der Waals surface area contributed by atoms with Crippen LogP contribution in [0.2, 0.25) is 0 Å². The monoisotopic (exact) mass is 380 g/mol. The first kappa shape index (κ1) is 17.1. The Balaban J connectivity index is 1.60. The summed E-state index contributed by atoms with van der Waals surface area (Å²) < 4.78 is 3.66. The van der Waals surface area contributed by atoms with Gasteiger partial charge in [0, 0.05) is 18.5 Å². The van der Waals surface area contributed by atoms with Crippen LogP contribution in [0.1, 0.15) is 18.5 Å². The van der Waals surface area contributed by atoms with Crippen LogP contribution in [-0.2, 0) is 4.79 Å². The number of benzene rings is 1. The van der Waals surface area contributed by atoms with Crippen molar-refractivity contribution >= 4 is 32.6 Å². The fourth-order valence-electron chi connectivity index (χ4n) is 2.63. The topological polar surface area (TPSA) is 94.7 Å². The lowest BCUT2D eigenvalue weighted by Crippen LogP contribution is -2.33. The van der Waals surface area contributed by atoms with Crippen molar-refractivity contribution in [2.24, 2.45) is 0 Å². The Bertz CT molecular complexity index is 1180. The number of nitrogens with one attached hydrogen (secondary N) is 1. The molecule has 1 amide bonds. The summed E-state index contributed by atoms with van der Waals surface area (Å²) in [5, 5.41) is 11.6. The first-order valence-corrected chi connectivity index (χ1v) is 9.11. The Morgan fingerprint density at radius 3 is 2.89 bits per heavy atom. The zero-order chi connectivity index (χ0) is 19.0. The molecule has 9 heteroatoms. The van der Waals surface area contributed by atoms with Crippen molar-refractivity contribution in [1.29, 1.82) is 0 Å². The summed E-state index contributed by atoms with van der Waals surface area (Å²) in [7, 11) is 0. The summed E-state index contributed by atoms with van der Waals surface area (Å²) >= 11 is 1.39. The molecule has 0 aliphatic carbocycles. The molecule has 0 aliphatic rings. The van der Waals surface area contributed by atoms with Gasteiger partial charge in [0.25, 0.3) is 11.5 Å². The van der Waals surface area contributed by atoms with E-state index in [9.17, 15) is 9.59 Å². The minimum Gasteiger partial charge on any atom is -0.300 e. The summed E-state index contributed by atoms with van der Waals surface area (Å²) in [6.07, 6.45) is 3.33. The number of nitrogens with zero attached hydrogens (tertiary/aromatic N) is 5. The summed E-state index contributed by atoms with van der Waals surface area (Å²) in [4.78, 5) is 29.3. The molecule has 4 rings (SSSR count). The molecule has 0 saturated heterocycles. The predicted octanol–water partition coefficient (Wildman–Crippen LogP) is 2.55. The molecule has 4 aromatic rings. The van der Waals surface area contributed by atoms with Crippen molar-refractivity contribution in [1.82, 2.24) is 24.5 Å². The van der Waals surface area contributed by atoms with E-state index in [4.69, 9.17) is 0 Å². The lowest BCUT2D eigenvalue weighted by molar-refractivity contribution is -0.119. The van der Waals surface area contributed by atoms with E-state index in [0.29, 0.717) is 10.9 Å². The van der Waals surface area contributed by atoms with Crippen molar-refractivity contribution < 1.29 is 4.79 Å². The van der Waals surface area contributed by atoms with Gasteiger partial charge in [-0.2, -0.15) is 5.10 Å². The Morgan fingerprint density at radius 1 is 1.26 bits per heavy atom. The molecule has 1 atom stereocenters. The van der Waals surface area contributed by atoms with E-state index in [1.807, 2.05) is 25.1 Å². The van der Waals surface area contributed by atoms with Gasteiger partial charge in [0.05, 0.1) is 10.2 Å². The second kappa shape index (κ2) is 6.76. The molecule has 0 spiro atoms. The Kier molecular flexibility index (Phi) is 4.28. The summed E-state index contributed by atoms with van der Waals surface area (Å²) in [6, 6.07) is 9.79. The highest BCUT2D eigenvalue weighted by Crippen LogP contribution is 2.27. The largest absolute Gasteiger partial charge is 0.300 e. The summed E-state index contributed by atoms with van der Waals surface area (Å²) in [5.41, 5.74) is 1.58. The maximum Gasteiger partial charge on any atom is 0.267 e. The van der Waals surface area contributed by atoms with E-state index in [0.717, 1.165) is 20.5 Å². The van der Waals surface area contributed by atoms with Crippen LogP contribution in [0, 0.1) is 6.92 Å². The summed E-state index contributed by atoms with van der Waals surface area (Å²) in [6.45, 7) is 3.62. The number of hydrogen-bond acceptors (Lipinski definition) is 6. The number of anilines is 1. The van der Waals surface area contributed by atoms with Crippen LogP contribution in [-0.4, -0.2) is 30.5 Å². The van der Waals surface area contributed by atoms with Gasteiger partial charge >= 0.3 is 0 Å².